The van der Waals surface area contributed by atoms with Crippen LogP contribution in [0.2, 0.25) is 0 Å². The van der Waals surface area contributed by atoms with Crippen LogP contribution in [0.25, 0.3) is 0 Å². The zero-order valence-electron chi connectivity index (χ0n) is 13.2. The van der Waals surface area contributed by atoms with Gasteiger partial charge in [-0.15, -0.1) is 0 Å². The van der Waals surface area contributed by atoms with Gasteiger partial charge < -0.3 is 14.8 Å². The molecule has 0 aromatic heterocycles. The molecule has 2 atom stereocenters. The van der Waals surface area contributed by atoms with E-state index >= 15 is 0 Å². The highest BCUT2D eigenvalue weighted by Crippen LogP contribution is 2.35. The second-order valence-corrected chi connectivity index (χ2v) is 6.39. The molecular formula is C18H27NO2. The summed E-state index contributed by atoms with van der Waals surface area (Å²) in [5.41, 5.74) is 2.77. The van der Waals surface area contributed by atoms with E-state index < -0.39 is 0 Å². The van der Waals surface area contributed by atoms with E-state index in [1.807, 2.05) is 7.05 Å². The monoisotopic (exact) mass is 289 g/mol. The molecule has 0 radical (unpaired) electrons. The largest absolute Gasteiger partial charge is 0.497 e. The van der Waals surface area contributed by atoms with Gasteiger partial charge in [0.1, 0.15) is 5.75 Å². The van der Waals surface area contributed by atoms with Crippen LogP contribution in [0, 0.1) is 5.92 Å². The van der Waals surface area contributed by atoms with Crippen molar-refractivity contribution in [3.63, 3.8) is 0 Å². The minimum atomic E-state index is 0.283. The van der Waals surface area contributed by atoms with Gasteiger partial charge >= 0.3 is 0 Å². The van der Waals surface area contributed by atoms with Crippen LogP contribution in [0.1, 0.15) is 49.3 Å². The normalized spacial score (nSPS) is 25.8. The Morgan fingerprint density at radius 1 is 1.19 bits per heavy atom. The van der Waals surface area contributed by atoms with E-state index in [0.29, 0.717) is 0 Å². The van der Waals surface area contributed by atoms with E-state index in [1.54, 1.807) is 7.11 Å². The topological polar surface area (TPSA) is 30.5 Å². The molecule has 21 heavy (non-hydrogen) atoms. The lowest BCUT2D eigenvalue weighted by atomic mass is 9.85. The molecule has 3 rings (SSSR count). The van der Waals surface area contributed by atoms with E-state index in [9.17, 15) is 0 Å². The predicted molar refractivity (Wildman–Crippen MR) is 84.8 cm³/mol. The minimum Gasteiger partial charge on any atom is -0.497 e. The first kappa shape index (κ1) is 14.9. The Kier molecular flexibility index (Phi) is 4.81. The van der Waals surface area contributed by atoms with E-state index in [0.717, 1.165) is 31.1 Å². The highest BCUT2D eigenvalue weighted by atomic mass is 16.5. The Morgan fingerprint density at radius 2 is 2.00 bits per heavy atom. The Bertz CT molecular complexity index is 468. The van der Waals surface area contributed by atoms with E-state index in [1.165, 1.54) is 36.8 Å². The Morgan fingerprint density at radius 3 is 2.71 bits per heavy atom. The fraction of sp³-hybridized carbons (Fsp3) is 0.667. The summed E-state index contributed by atoms with van der Waals surface area (Å²) in [5.74, 6) is 1.72. The summed E-state index contributed by atoms with van der Waals surface area (Å²) in [4.78, 5) is 0. The third-order valence-electron chi connectivity index (χ3n) is 5.09. The van der Waals surface area contributed by atoms with Crippen LogP contribution in [0.5, 0.6) is 5.75 Å². The summed E-state index contributed by atoms with van der Waals surface area (Å²) >= 11 is 0. The first-order valence-electron chi connectivity index (χ1n) is 8.27. The van der Waals surface area contributed by atoms with Crippen LogP contribution >= 0.6 is 0 Å². The Balaban J connectivity index is 1.70. The highest BCUT2D eigenvalue weighted by molar-refractivity contribution is 5.40. The quantitative estimate of drug-likeness (QED) is 0.900. The van der Waals surface area contributed by atoms with Gasteiger partial charge in [0, 0.05) is 6.61 Å². The second-order valence-electron chi connectivity index (χ2n) is 6.39. The fourth-order valence-corrected chi connectivity index (χ4v) is 3.84. The van der Waals surface area contributed by atoms with Gasteiger partial charge in [0.2, 0.25) is 0 Å². The molecule has 0 spiro atoms. The zero-order valence-corrected chi connectivity index (χ0v) is 13.2. The van der Waals surface area contributed by atoms with Gasteiger partial charge in [-0.3, -0.25) is 0 Å². The van der Waals surface area contributed by atoms with E-state index in [2.05, 4.69) is 23.5 Å². The Hall–Kier alpha value is -1.06. The van der Waals surface area contributed by atoms with Crippen LogP contribution in [0.4, 0.5) is 0 Å². The first-order chi connectivity index (χ1) is 10.3. The predicted octanol–water partition coefficient (Wildman–Crippen LogP) is 3.48. The van der Waals surface area contributed by atoms with Crippen LogP contribution in [0.15, 0.2) is 18.2 Å². The first-order valence-corrected chi connectivity index (χ1v) is 8.27. The minimum absolute atomic E-state index is 0.283. The van der Waals surface area contributed by atoms with E-state index in [-0.39, 0.29) is 12.1 Å². The molecule has 0 heterocycles. The molecule has 0 bridgehead atoms. The molecule has 0 amide bonds. The van der Waals surface area contributed by atoms with Crippen molar-refractivity contribution in [1.82, 2.24) is 5.32 Å². The van der Waals surface area contributed by atoms with Gasteiger partial charge in [-0.25, -0.2) is 0 Å². The number of ether oxygens (including phenoxy) is 2. The summed E-state index contributed by atoms with van der Waals surface area (Å²) in [7, 11) is 3.76. The lowest BCUT2D eigenvalue weighted by Gasteiger charge is -2.34. The van der Waals surface area contributed by atoms with Crippen molar-refractivity contribution in [3.05, 3.63) is 29.3 Å². The lowest BCUT2D eigenvalue weighted by Crippen LogP contribution is -2.36. The van der Waals surface area contributed by atoms with Crippen LogP contribution in [-0.2, 0) is 11.2 Å². The molecule has 2 aliphatic carbocycles. The summed E-state index contributed by atoms with van der Waals surface area (Å²) in [6.45, 7) is 0.933. The van der Waals surface area contributed by atoms with Crippen molar-refractivity contribution in [2.75, 3.05) is 20.8 Å². The Labute approximate surface area is 128 Å². The third-order valence-corrected chi connectivity index (χ3v) is 5.09. The van der Waals surface area contributed by atoms with Crippen molar-refractivity contribution in [2.24, 2.45) is 5.92 Å². The standard InChI is InChI=1S/C18H27NO2/c1-19-18-16-11-15(20-2)9-7-14(16)8-10-17(18)21-12-13-5-3-4-6-13/h7,9,11,13,17-19H,3-6,8,10,12H2,1-2H3. The molecule has 0 aliphatic heterocycles. The molecule has 3 nitrogen and oxygen atoms in total. The molecule has 2 unspecified atom stereocenters. The molecule has 116 valence electrons. The number of likely N-dealkylation sites (N-methyl/N-ethyl adjacent to an activating group) is 1. The zero-order chi connectivity index (χ0) is 14.7. The molecule has 1 saturated carbocycles. The maximum atomic E-state index is 6.30. The van der Waals surface area contributed by atoms with Gasteiger partial charge in [0.05, 0.1) is 19.3 Å². The van der Waals surface area contributed by atoms with Crippen molar-refractivity contribution in [2.45, 2.75) is 50.7 Å². The van der Waals surface area contributed by atoms with Gasteiger partial charge in [0.25, 0.3) is 0 Å². The molecule has 1 fully saturated rings. The average molecular weight is 289 g/mol. The number of aryl methyl sites for hydroxylation is 1. The summed E-state index contributed by atoms with van der Waals surface area (Å²) in [5, 5.41) is 3.46. The lowest BCUT2D eigenvalue weighted by molar-refractivity contribution is -0.000991. The number of rotatable bonds is 5. The van der Waals surface area contributed by atoms with Crippen LogP contribution in [0.3, 0.4) is 0 Å². The molecule has 1 aromatic rings. The van der Waals surface area contributed by atoms with Crippen molar-refractivity contribution >= 4 is 0 Å². The summed E-state index contributed by atoms with van der Waals surface area (Å²) < 4.78 is 11.7. The van der Waals surface area contributed by atoms with E-state index in [4.69, 9.17) is 9.47 Å². The van der Waals surface area contributed by atoms with Gasteiger partial charge in [-0.2, -0.15) is 0 Å². The maximum absolute atomic E-state index is 6.30. The van der Waals surface area contributed by atoms with Crippen molar-refractivity contribution < 1.29 is 9.47 Å². The number of hydrogen-bond acceptors (Lipinski definition) is 3. The molecule has 1 aromatic carbocycles. The van der Waals surface area contributed by atoms with Crippen molar-refractivity contribution in [3.8, 4) is 5.75 Å². The number of nitrogens with one attached hydrogen (secondary N) is 1. The molecule has 0 saturated heterocycles. The SMILES string of the molecule is CNC1c2cc(OC)ccc2CCC1OCC1CCCC1. The number of benzene rings is 1. The number of fused-ring (bicyclic) bond motifs is 1. The molecule has 1 N–H and O–H groups in total. The fourth-order valence-electron chi connectivity index (χ4n) is 3.84. The molecule has 2 aliphatic rings. The van der Waals surface area contributed by atoms with Gasteiger partial charge in [-0.05, 0) is 61.9 Å². The van der Waals surface area contributed by atoms with Crippen LogP contribution < -0.4 is 10.1 Å². The third kappa shape index (κ3) is 3.24. The number of methoxy groups -OCH3 is 1. The average Bonchev–Trinajstić information content (AvgIpc) is 3.05. The maximum Gasteiger partial charge on any atom is 0.119 e. The summed E-state index contributed by atoms with van der Waals surface area (Å²) in [6.07, 6.45) is 7.96. The molecule has 3 heteroatoms. The summed E-state index contributed by atoms with van der Waals surface area (Å²) in [6, 6.07) is 6.71. The van der Waals surface area contributed by atoms with Crippen molar-refractivity contribution in [1.29, 1.82) is 0 Å². The highest BCUT2D eigenvalue weighted by Gasteiger charge is 2.30. The van der Waals surface area contributed by atoms with Gasteiger partial charge in [0.15, 0.2) is 0 Å². The smallest absolute Gasteiger partial charge is 0.119 e. The van der Waals surface area contributed by atoms with Crippen LogP contribution in [-0.4, -0.2) is 26.9 Å². The second kappa shape index (κ2) is 6.80. The molecular weight excluding hydrogens is 262 g/mol. The van der Waals surface area contributed by atoms with Gasteiger partial charge in [-0.1, -0.05) is 18.9 Å². The number of hydrogen-bond donors (Lipinski definition) is 1.